The fraction of sp³-hybridized carbons (Fsp3) is 0.438. The first kappa shape index (κ1) is 13.2. The lowest BCUT2D eigenvalue weighted by Gasteiger charge is -2.33. The highest BCUT2D eigenvalue weighted by atomic mass is 16.5. The predicted octanol–water partition coefficient (Wildman–Crippen LogP) is 2.64. The number of rotatable bonds is 4. The zero-order chi connectivity index (χ0) is 13.9. The van der Waals surface area contributed by atoms with Crippen molar-refractivity contribution in [1.29, 1.82) is 0 Å². The molecule has 4 heteroatoms. The van der Waals surface area contributed by atoms with Gasteiger partial charge < -0.3 is 10.1 Å². The van der Waals surface area contributed by atoms with Crippen LogP contribution in [0.25, 0.3) is 0 Å². The van der Waals surface area contributed by atoms with E-state index in [1.807, 2.05) is 24.0 Å². The van der Waals surface area contributed by atoms with Gasteiger partial charge in [0.25, 0.3) is 0 Å². The summed E-state index contributed by atoms with van der Waals surface area (Å²) in [5, 5.41) is 7.94. The van der Waals surface area contributed by atoms with Gasteiger partial charge >= 0.3 is 0 Å². The third-order valence-corrected chi connectivity index (χ3v) is 4.01. The molecule has 2 unspecified atom stereocenters. The molecule has 0 saturated carbocycles. The molecule has 1 aromatic heterocycles. The molecule has 2 heterocycles. The maximum Gasteiger partial charge on any atom is 0.122 e. The third kappa shape index (κ3) is 2.31. The minimum Gasteiger partial charge on any atom is -0.493 e. The first-order valence-electron chi connectivity index (χ1n) is 7.24. The van der Waals surface area contributed by atoms with Crippen LogP contribution in [-0.2, 0) is 7.05 Å². The van der Waals surface area contributed by atoms with Crippen molar-refractivity contribution in [2.75, 3.05) is 13.2 Å². The highest BCUT2D eigenvalue weighted by molar-refractivity contribution is 5.39. The summed E-state index contributed by atoms with van der Waals surface area (Å²) in [6.07, 6.45) is 2.89. The average molecular weight is 271 g/mol. The fourth-order valence-corrected chi connectivity index (χ4v) is 3.08. The molecule has 3 rings (SSSR count). The van der Waals surface area contributed by atoms with E-state index < -0.39 is 0 Å². The molecule has 2 aromatic rings. The number of hydrogen-bond acceptors (Lipinski definition) is 3. The molecule has 4 nitrogen and oxygen atoms in total. The quantitative estimate of drug-likeness (QED) is 0.929. The van der Waals surface area contributed by atoms with Gasteiger partial charge in [0.2, 0.25) is 0 Å². The number of likely N-dealkylation sites (N-methyl/N-ethyl adjacent to an activating group) is 1. The van der Waals surface area contributed by atoms with Crippen LogP contribution in [0.15, 0.2) is 36.5 Å². The number of nitrogens with one attached hydrogen (secondary N) is 1. The standard InChI is InChI=1S/C16H21N3O/c1-3-17-16(14-8-10-18-19(14)2)13-9-11-20-15-7-5-4-6-12(13)15/h4-8,10,13,16-17H,3,9,11H2,1-2H3. The lowest BCUT2D eigenvalue weighted by molar-refractivity contribution is 0.244. The van der Waals surface area contributed by atoms with Gasteiger partial charge in [0.1, 0.15) is 5.75 Å². The van der Waals surface area contributed by atoms with E-state index in [1.165, 1.54) is 11.3 Å². The summed E-state index contributed by atoms with van der Waals surface area (Å²) >= 11 is 0. The van der Waals surface area contributed by atoms with Crippen LogP contribution in [0.4, 0.5) is 0 Å². The van der Waals surface area contributed by atoms with Gasteiger partial charge in [-0.05, 0) is 30.7 Å². The van der Waals surface area contributed by atoms with E-state index in [1.54, 1.807) is 0 Å². The number of hydrogen-bond donors (Lipinski definition) is 1. The summed E-state index contributed by atoms with van der Waals surface area (Å²) in [5.41, 5.74) is 2.53. The van der Waals surface area contributed by atoms with Gasteiger partial charge in [0, 0.05) is 19.2 Å². The maximum atomic E-state index is 5.78. The van der Waals surface area contributed by atoms with Crippen molar-refractivity contribution in [1.82, 2.24) is 15.1 Å². The van der Waals surface area contributed by atoms with Crippen LogP contribution in [0.3, 0.4) is 0 Å². The second kappa shape index (κ2) is 5.67. The summed E-state index contributed by atoms with van der Waals surface area (Å²) in [4.78, 5) is 0. The van der Waals surface area contributed by atoms with Gasteiger partial charge in [-0.2, -0.15) is 5.10 Å². The van der Waals surface area contributed by atoms with Gasteiger partial charge in [-0.3, -0.25) is 4.68 Å². The Bertz CT molecular complexity index is 579. The van der Waals surface area contributed by atoms with E-state index in [0.29, 0.717) is 5.92 Å². The van der Waals surface area contributed by atoms with E-state index in [9.17, 15) is 0 Å². The minimum absolute atomic E-state index is 0.276. The zero-order valence-electron chi connectivity index (χ0n) is 12.0. The van der Waals surface area contributed by atoms with Crippen molar-refractivity contribution < 1.29 is 4.74 Å². The minimum atomic E-state index is 0.276. The van der Waals surface area contributed by atoms with Gasteiger partial charge in [0.15, 0.2) is 0 Å². The van der Waals surface area contributed by atoms with Crippen LogP contribution >= 0.6 is 0 Å². The Kier molecular flexibility index (Phi) is 3.74. The van der Waals surface area contributed by atoms with Crippen molar-refractivity contribution in [3.8, 4) is 5.75 Å². The molecule has 0 spiro atoms. The molecule has 1 aliphatic rings. The Morgan fingerprint density at radius 1 is 1.40 bits per heavy atom. The Morgan fingerprint density at radius 3 is 3.00 bits per heavy atom. The molecular weight excluding hydrogens is 250 g/mol. The fourth-order valence-electron chi connectivity index (χ4n) is 3.08. The molecular formula is C16H21N3O. The summed E-state index contributed by atoms with van der Waals surface area (Å²) < 4.78 is 7.74. The van der Waals surface area contributed by atoms with Gasteiger partial charge in [-0.15, -0.1) is 0 Å². The summed E-state index contributed by atoms with van der Waals surface area (Å²) in [7, 11) is 2.00. The van der Waals surface area contributed by atoms with Crippen molar-refractivity contribution in [2.45, 2.75) is 25.3 Å². The van der Waals surface area contributed by atoms with Crippen molar-refractivity contribution in [3.63, 3.8) is 0 Å². The van der Waals surface area contributed by atoms with Crippen LogP contribution in [0, 0.1) is 0 Å². The number of nitrogens with zero attached hydrogens (tertiary/aromatic N) is 2. The van der Waals surface area contributed by atoms with E-state index in [2.05, 4.69) is 41.6 Å². The summed E-state index contributed by atoms with van der Waals surface area (Å²) in [6.45, 7) is 3.87. The number of ether oxygens (including phenoxy) is 1. The van der Waals surface area contributed by atoms with Crippen molar-refractivity contribution >= 4 is 0 Å². The molecule has 0 radical (unpaired) electrons. The lowest BCUT2D eigenvalue weighted by Crippen LogP contribution is -2.31. The summed E-state index contributed by atoms with van der Waals surface area (Å²) in [5.74, 6) is 1.45. The average Bonchev–Trinajstić information content (AvgIpc) is 2.90. The number of aryl methyl sites for hydroxylation is 1. The van der Waals surface area contributed by atoms with Crippen LogP contribution in [0.5, 0.6) is 5.75 Å². The summed E-state index contributed by atoms with van der Waals surface area (Å²) in [6, 6.07) is 10.7. The van der Waals surface area contributed by atoms with E-state index in [-0.39, 0.29) is 6.04 Å². The predicted molar refractivity (Wildman–Crippen MR) is 78.9 cm³/mol. The van der Waals surface area contributed by atoms with Crippen LogP contribution in [-0.4, -0.2) is 22.9 Å². The molecule has 0 amide bonds. The SMILES string of the molecule is CCNC(c1ccnn1C)C1CCOc2ccccc21. The first-order valence-corrected chi connectivity index (χ1v) is 7.24. The van der Waals surface area contributed by atoms with E-state index in [0.717, 1.165) is 25.3 Å². The van der Waals surface area contributed by atoms with E-state index in [4.69, 9.17) is 4.74 Å². The second-order valence-electron chi connectivity index (χ2n) is 5.20. The topological polar surface area (TPSA) is 39.1 Å². The molecule has 0 fully saturated rings. The van der Waals surface area contributed by atoms with Crippen molar-refractivity contribution in [2.24, 2.45) is 7.05 Å². The highest BCUT2D eigenvalue weighted by Crippen LogP contribution is 2.41. The second-order valence-corrected chi connectivity index (χ2v) is 5.20. The Labute approximate surface area is 119 Å². The van der Waals surface area contributed by atoms with E-state index >= 15 is 0 Å². The Hall–Kier alpha value is -1.81. The molecule has 1 N–H and O–H groups in total. The maximum absolute atomic E-state index is 5.78. The molecule has 2 atom stereocenters. The van der Waals surface area contributed by atoms with Gasteiger partial charge in [-0.25, -0.2) is 0 Å². The number of aromatic nitrogens is 2. The van der Waals surface area contributed by atoms with Crippen LogP contribution < -0.4 is 10.1 Å². The number of fused-ring (bicyclic) bond motifs is 1. The van der Waals surface area contributed by atoms with Crippen LogP contribution in [0.2, 0.25) is 0 Å². The van der Waals surface area contributed by atoms with Crippen LogP contribution in [0.1, 0.15) is 36.6 Å². The lowest BCUT2D eigenvalue weighted by atomic mass is 9.85. The molecule has 1 aromatic carbocycles. The van der Waals surface area contributed by atoms with Crippen molar-refractivity contribution in [3.05, 3.63) is 47.8 Å². The largest absolute Gasteiger partial charge is 0.493 e. The Morgan fingerprint density at radius 2 is 2.25 bits per heavy atom. The molecule has 0 saturated heterocycles. The molecule has 0 aliphatic carbocycles. The first-order chi connectivity index (χ1) is 9.81. The normalized spacial score (nSPS) is 19.2. The molecule has 0 bridgehead atoms. The zero-order valence-corrected chi connectivity index (χ0v) is 12.0. The molecule has 106 valence electrons. The third-order valence-electron chi connectivity index (χ3n) is 4.01. The smallest absolute Gasteiger partial charge is 0.122 e. The van der Waals surface area contributed by atoms with Gasteiger partial charge in [-0.1, -0.05) is 25.1 Å². The molecule has 1 aliphatic heterocycles. The monoisotopic (exact) mass is 271 g/mol. The molecule has 20 heavy (non-hydrogen) atoms. The highest BCUT2D eigenvalue weighted by Gasteiger charge is 2.30. The number of benzene rings is 1. The van der Waals surface area contributed by atoms with Gasteiger partial charge in [0.05, 0.1) is 18.3 Å². The Balaban J connectivity index is 1.99. The number of para-hydroxylation sites is 1.